The number of piperazine rings is 1. The predicted molar refractivity (Wildman–Crippen MR) is 85.0 cm³/mol. The molecule has 1 saturated heterocycles. The second kappa shape index (κ2) is 5.87. The lowest BCUT2D eigenvalue weighted by Crippen LogP contribution is -2.64. The van der Waals surface area contributed by atoms with E-state index < -0.39 is 0 Å². The summed E-state index contributed by atoms with van der Waals surface area (Å²) >= 11 is 0. The van der Waals surface area contributed by atoms with Crippen LogP contribution in [0, 0.1) is 0 Å². The highest BCUT2D eigenvalue weighted by molar-refractivity contribution is 5.17. The Morgan fingerprint density at radius 2 is 1.85 bits per heavy atom. The number of hydrogen-bond donors (Lipinski definition) is 1. The Hall–Kier alpha value is -0.860. The van der Waals surface area contributed by atoms with E-state index in [0.717, 1.165) is 12.6 Å². The standard InChI is InChI=1S/C18H28N2/c1-18(2)14-20(16-10-6-7-11-16)17(13-19-18)12-15-8-4-3-5-9-15/h3-5,8-9,16-17,19H,6-7,10-14H2,1-2H3. The van der Waals surface area contributed by atoms with Crippen LogP contribution in [0.4, 0.5) is 0 Å². The van der Waals surface area contributed by atoms with Crippen molar-refractivity contribution in [1.29, 1.82) is 0 Å². The van der Waals surface area contributed by atoms with Gasteiger partial charge in [-0.3, -0.25) is 4.90 Å². The van der Waals surface area contributed by atoms with Gasteiger partial charge in [-0.05, 0) is 38.7 Å². The van der Waals surface area contributed by atoms with Gasteiger partial charge in [0.25, 0.3) is 0 Å². The summed E-state index contributed by atoms with van der Waals surface area (Å²) in [6, 6.07) is 12.5. The lowest BCUT2D eigenvalue weighted by Gasteiger charge is -2.47. The molecule has 1 heterocycles. The minimum atomic E-state index is 0.260. The van der Waals surface area contributed by atoms with E-state index in [1.807, 2.05) is 0 Å². The van der Waals surface area contributed by atoms with Gasteiger partial charge in [-0.15, -0.1) is 0 Å². The van der Waals surface area contributed by atoms with E-state index in [4.69, 9.17) is 0 Å². The maximum absolute atomic E-state index is 3.74. The molecule has 1 aromatic rings. The Kier molecular flexibility index (Phi) is 4.13. The minimum absolute atomic E-state index is 0.260. The van der Waals surface area contributed by atoms with Crippen molar-refractivity contribution in [2.24, 2.45) is 0 Å². The zero-order valence-corrected chi connectivity index (χ0v) is 12.9. The van der Waals surface area contributed by atoms with Crippen LogP contribution in [0.25, 0.3) is 0 Å². The van der Waals surface area contributed by atoms with Crippen LogP contribution in [0.2, 0.25) is 0 Å². The molecule has 0 radical (unpaired) electrons. The van der Waals surface area contributed by atoms with E-state index in [1.165, 1.54) is 44.2 Å². The number of rotatable bonds is 3. The Morgan fingerprint density at radius 3 is 2.55 bits per heavy atom. The van der Waals surface area contributed by atoms with Crippen LogP contribution in [0.5, 0.6) is 0 Å². The maximum atomic E-state index is 3.74. The van der Waals surface area contributed by atoms with Gasteiger partial charge in [0.2, 0.25) is 0 Å². The molecule has 110 valence electrons. The minimum Gasteiger partial charge on any atom is -0.309 e. The van der Waals surface area contributed by atoms with Crippen molar-refractivity contribution in [3.8, 4) is 0 Å². The van der Waals surface area contributed by atoms with E-state index >= 15 is 0 Å². The summed E-state index contributed by atoms with van der Waals surface area (Å²) in [7, 11) is 0. The third-order valence-corrected chi connectivity index (χ3v) is 4.97. The fourth-order valence-corrected chi connectivity index (χ4v) is 3.89. The van der Waals surface area contributed by atoms with Crippen molar-refractivity contribution >= 4 is 0 Å². The molecule has 3 rings (SSSR count). The molecule has 2 nitrogen and oxygen atoms in total. The maximum Gasteiger partial charge on any atom is 0.0264 e. The van der Waals surface area contributed by atoms with Gasteiger partial charge in [-0.25, -0.2) is 0 Å². The molecule has 0 bridgehead atoms. The van der Waals surface area contributed by atoms with Crippen LogP contribution in [-0.2, 0) is 6.42 Å². The van der Waals surface area contributed by atoms with Crippen LogP contribution in [0.1, 0.15) is 45.1 Å². The van der Waals surface area contributed by atoms with E-state index in [9.17, 15) is 0 Å². The first kappa shape index (κ1) is 14.1. The fourth-order valence-electron chi connectivity index (χ4n) is 3.89. The van der Waals surface area contributed by atoms with Gasteiger partial charge in [-0.2, -0.15) is 0 Å². The molecular weight excluding hydrogens is 244 g/mol. The van der Waals surface area contributed by atoms with E-state index in [0.29, 0.717) is 6.04 Å². The van der Waals surface area contributed by atoms with Gasteiger partial charge in [-0.1, -0.05) is 43.2 Å². The number of hydrogen-bond acceptors (Lipinski definition) is 2. The number of nitrogens with one attached hydrogen (secondary N) is 1. The lowest BCUT2D eigenvalue weighted by molar-refractivity contribution is 0.0560. The van der Waals surface area contributed by atoms with Crippen LogP contribution in [0.15, 0.2) is 30.3 Å². The zero-order chi connectivity index (χ0) is 14.0. The predicted octanol–water partition coefficient (Wildman–Crippen LogP) is 3.22. The smallest absolute Gasteiger partial charge is 0.0264 e. The highest BCUT2D eigenvalue weighted by Crippen LogP contribution is 2.29. The molecule has 2 fully saturated rings. The lowest BCUT2D eigenvalue weighted by atomic mass is 9.93. The summed E-state index contributed by atoms with van der Waals surface area (Å²) in [5.74, 6) is 0. The molecule has 2 heteroatoms. The molecule has 1 N–H and O–H groups in total. The molecule has 1 aliphatic carbocycles. The first-order valence-electron chi connectivity index (χ1n) is 8.19. The molecule has 1 aliphatic heterocycles. The van der Waals surface area contributed by atoms with Crippen molar-refractivity contribution < 1.29 is 0 Å². The topological polar surface area (TPSA) is 15.3 Å². The summed E-state index contributed by atoms with van der Waals surface area (Å²) in [5.41, 5.74) is 1.73. The molecule has 0 spiro atoms. The Bertz CT molecular complexity index is 420. The van der Waals surface area contributed by atoms with Crippen LogP contribution in [-0.4, -0.2) is 35.6 Å². The van der Waals surface area contributed by atoms with Gasteiger partial charge >= 0.3 is 0 Å². The van der Waals surface area contributed by atoms with Crippen LogP contribution in [0.3, 0.4) is 0 Å². The Labute approximate surface area is 123 Å². The van der Waals surface area contributed by atoms with E-state index in [1.54, 1.807) is 0 Å². The van der Waals surface area contributed by atoms with E-state index in [-0.39, 0.29) is 5.54 Å². The fraction of sp³-hybridized carbons (Fsp3) is 0.667. The summed E-state index contributed by atoms with van der Waals surface area (Å²) in [6.45, 7) is 6.99. The number of benzene rings is 1. The van der Waals surface area contributed by atoms with Crippen LogP contribution < -0.4 is 5.32 Å². The van der Waals surface area contributed by atoms with Gasteiger partial charge in [0.1, 0.15) is 0 Å². The third kappa shape index (κ3) is 3.24. The second-order valence-corrected chi connectivity index (χ2v) is 7.22. The highest BCUT2D eigenvalue weighted by atomic mass is 15.3. The third-order valence-electron chi connectivity index (χ3n) is 4.97. The largest absolute Gasteiger partial charge is 0.309 e. The summed E-state index contributed by atoms with van der Waals surface area (Å²) in [4.78, 5) is 2.82. The molecular formula is C18H28N2. The molecule has 1 unspecified atom stereocenters. The Balaban J connectivity index is 1.73. The summed E-state index contributed by atoms with van der Waals surface area (Å²) in [5, 5.41) is 3.74. The zero-order valence-electron chi connectivity index (χ0n) is 12.9. The van der Waals surface area contributed by atoms with Gasteiger partial charge in [0.05, 0.1) is 0 Å². The average molecular weight is 272 g/mol. The summed E-state index contributed by atoms with van der Waals surface area (Å²) < 4.78 is 0. The molecule has 1 atom stereocenters. The van der Waals surface area contributed by atoms with Gasteiger partial charge in [0, 0.05) is 30.7 Å². The molecule has 2 aliphatic rings. The monoisotopic (exact) mass is 272 g/mol. The average Bonchev–Trinajstić information content (AvgIpc) is 2.96. The van der Waals surface area contributed by atoms with Gasteiger partial charge in [0.15, 0.2) is 0 Å². The van der Waals surface area contributed by atoms with Gasteiger partial charge < -0.3 is 5.32 Å². The van der Waals surface area contributed by atoms with Crippen molar-refractivity contribution in [3.05, 3.63) is 35.9 Å². The van der Waals surface area contributed by atoms with Crippen molar-refractivity contribution in [1.82, 2.24) is 10.2 Å². The van der Waals surface area contributed by atoms with Crippen molar-refractivity contribution in [3.63, 3.8) is 0 Å². The SMILES string of the molecule is CC1(C)CN(C2CCCC2)C(Cc2ccccc2)CN1. The summed E-state index contributed by atoms with van der Waals surface area (Å²) in [6.07, 6.45) is 6.84. The molecule has 0 amide bonds. The number of nitrogens with zero attached hydrogens (tertiary/aromatic N) is 1. The normalized spacial score (nSPS) is 27.8. The van der Waals surface area contributed by atoms with Crippen molar-refractivity contribution in [2.75, 3.05) is 13.1 Å². The molecule has 1 aromatic carbocycles. The first-order valence-corrected chi connectivity index (χ1v) is 8.19. The molecule has 1 saturated carbocycles. The second-order valence-electron chi connectivity index (χ2n) is 7.22. The van der Waals surface area contributed by atoms with E-state index in [2.05, 4.69) is 54.4 Å². The quantitative estimate of drug-likeness (QED) is 0.909. The molecule has 0 aromatic heterocycles. The highest BCUT2D eigenvalue weighted by Gasteiger charge is 2.37. The first-order chi connectivity index (χ1) is 9.64. The Morgan fingerprint density at radius 1 is 1.15 bits per heavy atom. The molecule has 20 heavy (non-hydrogen) atoms. The van der Waals surface area contributed by atoms with Crippen LogP contribution >= 0.6 is 0 Å². The van der Waals surface area contributed by atoms with Crippen molar-refractivity contribution in [2.45, 2.75) is 63.6 Å².